The maximum Gasteiger partial charge on any atom is 0.280 e. The van der Waals surface area contributed by atoms with E-state index in [0.29, 0.717) is 11.1 Å². The molecule has 0 aliphatic rings. The van der Waals surface area contributed by atoms with Crippen LogP contribution >= 0.6 is 12.6 Å². The lowest BCUT2D eigenvalue weighted by atomic mass is 10.1. The van der Waals surface area contributed by atoms with Crippen LogP contribution in [-0.2, 0) is 12.2 Å². The van der Waals surface area contributed by atoms with Crippen molar-refractivity contribution < 1.29 is 0 Å². The van der Waals surface area contributed by atoms with Gasteiger partial charge in [0, 0.05) is 12.2 Å². The van der Waals surface area contributed by atoms with Crippen LogP contribution in [0, 0.1) is 0 Å². The van der Waals surface area contributed by atoms with Crippen molar-refractivity contribution in [3.05, 3.63) is 39.9 Å². The number of aryl methyl sites for hydroxylation is 1. The summed E-state index contributed by atoms with van der Waals surface area (Å²) < 4.78 is 0. The minimum atomic E-state index is -0.145. The quantitative estimate of drug-likeness (QED) is 0.817. The molecule has 90 valence electrons. The van der Waals surface area contributed by atoms with Gasteiger partial charge in [0.25, 0.3) is 5.56 Å². The third-order valence-electron chi connectivity index (χ3n) is 2.78. The molecule has 0 saturated carbocycles. The molecule has 3 nitrogen and oxygen atoms in total. The number of hydrogen-bond donors (Lipinski definition) is 2. The lowest BCUT2D eigenvalue weighted by Gasteiger charge is -2.04. The Morgan fingerprint density at radius 3 is 2.94 bits per heavy atom. The van der Waals surface area contributed by atoms with Crippen LogP contribution in [0.3, 0.4) is 0 Å². The topological polar surface area (TPSA) is 45.8 Å². The summed E-state index contributed by atoms with van der Waals surface area (Å²) in [6.07, 6.45) is 2.97. The molecule has 2 rings (SSSR count). The van der Waals surface area contributed by atoms with Gasteiger partial charge in [-0.05, 0) is 24.1 Å². The fraction of sp³-hybridized carbons (Fsp3) is 0.385. The summed E-state index contributed by atoms with van der Waals surface area (Å²) in [7, 11) is 0. The molecule has 0 bridgehead atoms. The van der Waals surface area contributed by atoms with Crippen molar-refractivity contribution in [1.29, 1.82) is 0 Å². The summed E-state index contributed by atoms with van der Waals surface area (Å²) in [6.45, 7) is 2.12. The van der Waals surface area contributed by atoms with E-state index in [2.05, 4.69) is 29.5 Å². The van der Waals surface area contributed by atoms with Gasteiger partial charge in [0.1, 0.15) is 5.82 Å². The standard InChI is InChI=1S/C13H16N2OS/c1-2-3-4-12-14-11-6-5-9(8-17)7-10(11)13(16)15-12/h5-7,17H,2-4,8H2,1H3,(H,14,15,16). The summed E-state index contributed by atoms with van der Waals surface area (Å²) in [5.74, 6) is 1.41. The minimum absolute atomic E-state index is 0.145. The van der Waals surface area contributed by atoms with Crippen LogP contribution < -0.4 is 5.56 Å². The third kappa shape index (κ3) is 2.69. The van der Waals surface area contributed by atoms with Gasteiger partial charge in [0.05, 0.1) is 10.9 Å². The Labute approximate surface area is 106 Å². The first-order chi connectivity index (χ1) is 8.24. The number of hydrogen-bond acceptors (Lipinski definition) is 3. The van der Waals surface area contributed by atoms with Crippen LogP contribution in [0.1, 0.15) is 31.2 Å². The van der Waals surface area contributed by atoms with Gasteiger partial charge in [-0.1, -0.05) is 19.4 Å². The van der Waals surface area contributed by atoms with Crippen LogP contribution in [0.5, 0.6) is 0 Å². The Balaban J connectivity index is 2.48. The molecular weight excluding hydrogens is 232 g/mol. The molecule has 4 heteroatoms. The van der Waals surface area contributed by atoms with Crippen LogP contribution in [0.2, 0.25) is 0 Å². The highest BCUT2D eigenvalue weighted by Gasteiger charge is 2.04. The monoisotopic (exact) mass is 248 g/mol. The fourth-order valence-corrected chi connectivity index (χ4v) is 2.00. The number of unbranched alkanes of at least 4 members (excludes halogenated alkanes) is 1. The number of aromatic nitrogens is 2. The maximum atomic E-state index is 11.9. The maximum absolute atomic E-state index is 11.9. The predicted molar refractivity (Wildman–Crippen MR) is 73.7 cm³/mol. The molecule has 0 saturated heterocycles. The Morgan fingerprint density at radius 2 is 2.24 bits per heavy atom. The average molecular weight is 248 g/mol. The molecule has 17 heavy (non-hydrogen) atoms. The Kier molecular flexibility index (Phi) is 3.84. The number of thiol groups is 1. The van der Waals surface area contributed by atoms with Crippen molar-refractivity contribution in [1.82, 2.24) is 9.97 Å². The molecule has 0 fully saturated rings. The van der Waals surface area contributed by atoms with Gasteiger partial charge < -0.3 is 4.98 Å². The molecule has 0 aliphatic carbocycles. The molecule has 0 spiro atoms. The summed E-state index contributed by atoms with van der Waals surface area (Å²) in [5, 5.41) is 0.650. The molecule has 2 aromatic rings. The molecule has 1 aromatic heterocycles. The van der Waals surface area contributed by atoms with E-state index in [4.69, 9.17) is 0 Å². The van der Waals surface area contributed by atoms with Crippen LogP contribution in [0.15, 0.2) is 23.0 Å². The first-order valence-corrected chi connectivity index (χ1v) is 6.50. The number of aromatic amines is 1. The lowest BCUT2D eigenvalue weighted by Crippen LogP contribution is -2.12. The van der Waals surface area contributed by atoms with Crippen LogP contribution in [-0.4, -0.2) is 9.97 Å². The van der Waals surface area contributed by atoms with Gasteiger partial charge in [-0.2, -0.15) is 17.6 Å². The number of nitrogens with one attached hydrogen (secondary N) is 1. The average Bonchev–Trinajstić information content (AvgIpc) is 2.36. The predicted octanol–water partition coefficient (Wildman–Crippen LogP) is 2.70. The number of rotatable bonds is 4. The highest BCUT2D eigenvalue weighted by atomic mass is 32.1. The molecule has 1 heterocycles. The highest BCUT2D eigenvalue weighted by Crippen LogP contribution is 2.12. The molecule has 0 atom stereocenters. The highest BCUT2D eigenvalue weighted by molar-refractivity contribution is 7.79. The smallest absolute Gasteiger partial charge is 0.280 e. The van der Waals surface area contributed by atoms with E-state index >= 15 is 0 Å². The number of nitrogens with zero attached hydrogens (tertiary/aromatic N) is 1. The molecule has 1 aromatic carbocycles. The SMILES string of the molecule is CCCCc1nc(=O)c2cc(CS)ccc2[nH]1. The first-order valence-electron chi connectivity index (χ1n) is 5.87. The Bertz CT molecular complexity index is 577. The van der Waals surface area contributed by atoms with E-state index in [1.54, 1.807) is 0 Å². The van der Waals surface area contributed by atoms with Crippen molar-refractivity contribution in [3.8, 4) is 0 Å². The van der Waals surface area contributed by atoms with Crippen molar-refractivity contribution in [2.75, 3.05) is 0 Å². The van der Waals surface area contributed by atoms with Crippen LogP contribution in [0.4, 0.5) is 0 Å². The number of H-pyrrole nitrogens is 1. The summed E-state index contributed by atoms with van der Waals surface area (Å²) in [5.41, 5.74) is 1.75. The van der Waals surface area contributed by atoms with Gasteiger partial charge in [-0.25, -0.2) is 0 Å². The number of benzene rings is 1. The largest absolute Gasteiger partial charge is 0.343 e. The molecule has 0 radical (unpaired) electrons. The fourth-order valence-electron chi connectivity index (χ4n) is 1.80. The third-order valence-corrected chi connectivity index (χ3v) is 3.14. The van der Waals surface area contributed by atoms with E-state index in [0.717, 1.165) is 36.2 Å². The first kappa shape index (κ1) is 12.2. The summed E-state index contributed by atoms with van der Waals surface area (Å²) in [6, 6.07) is 5.77. The van der Waals surface area contributed by atoms with E-state index in [1.165, 1.54) is 0 Å². The second-order valence-electron chi connectivity index (χ2n) is 4.13. The van der Waals surface area contributed by atoms with Gasteiger partial charge in [0.15, 0.2) is 0 Å². The molecule has 1 N–H and O–H groups in total. The summed E-state index contributed by atoms with van der Waals surface area (Å²) >= 11 is 4.20. The van der Waals surface area contributed by atoms with Gasteiger partial charge in [-0.15, -0.1) is 0 Å². The zero-order chi connectivity index (χ0) is 12.3. The van der Waals surface area contributed by atoms with Crippen molar-refractivity contribution in [3.63, 3.8) is 0 Å². The zero-order valence-electron chi connectivity index (χ0n) is 9.86. The van der Waals surface area contributed by atoms with E-state index < -0.39 is 0 Å². The van der Waals surface area contributed by atoms with Gasteiger partial charge in [0.2, 0.25) is 0 Å². The number of fused-ring (bicyclic) bond motifs is 1. The zero-order valence-corrected chi connectivity index (χ0v) is 10.8. The van der Waals surface area contributed by atoms with E-state index in [1.807, 2.05) is 18.2 Å². The Hall–Kier alpha value is -1.29. The molecular formula is C13H16N2OS. The van der Waals surface area contributed by atoms with Crippen molar-refractivity contribution in [2.45, 2.75) is 31.9 Å². The van der Waals surface area contributed by atoms with Gasteiger partial charge >= 0.3 is 0 Å². The molecule has 0 amide bonds. The second kappa shape index (κ2) is 5.36. The molecule has 0 aliphatic heterocycles. The molecule has 0 unspecified atom stereocenters. The van der Waals surface area contributed by atoms with Crippen molar-refractivity contribution in [2.24, 2.45) is 0 Å². The Morgan fingerprint density at radius 1 is 1.41 bits per heavy atom. The lowest BCUT2D eigenvalue weighted by molar-refractivity contribution is 0.753. The van der Waals surface area contributed by atoms with Gasteiger partial charge in [-0.3, -0.25) is 4.79 Å². The second-order valence-corrected chi connectivity index (χ2v) is 4.45. The van der Waals surface area contributed by atoms with Crippen LogP contribution in [0.25, 0.3) is 10.9 Å². The van der Waals surface area contributed by atoms with E-state index in [9.17, 15) is 4.79 Å². The van der Waals surface area contributed by atoms with E-state index in [-0.39, 0.29) is 5.56 Å². The minimum Gasteiger partial charge on any atom is -0.343 e. The summed E-state index contributed by atoms with van der Waals surface area (Å²) in [4.78, 5) is 19.2. The van der Waals surface area contributed by atoms with Crippen molar-refractivity contribution >= 4 is 23.5 Å². The normalized spacial score (nSPS) is 10.9.